The summed E-state index contributed by atoms with van der Waals surface area (Å²) in [5.41, 5.74) is 5.24. The normalized spacial score (nSPS) is 15.2. The summed E-state index contributed by atoms with van der Waals surface area (Å²) in [6, 6.07) is 16.4. The predicted molar refractivity (Wildman–Crippen MR) is 102 cm³/mol. The van der Waals surface area contributed by atoms with Gasteiger partial charge in [0.05, 0.1) is 0 Å². The summed E-state index contributed by atoms with van der Waals surface area (Å²) < 4.78 is 0. The van der Waals surface area contributed by atoms with E-state index >= 15 is 0 Å². The van der Waals surface area contributed by atoms with Crippen molar-refractivity contribution in [1.29, 1.82) is 0 Å². The third-order valence-electron chi connectivity index (χ3n) is 4.54. The molecule has 0 saturated heterocycles. The second-order valence-corrected chi connectivity index (χ2v) is 5.98. The van der Waals surface area contributed by atoms with E-state index in [0.717, 1.165) is 41.8 Å². The maximum Gasteiger partial charge on any atom is 0.189 e. The Labute approximate surface area is 144 Å². The number of Topliss-reactive ketones (excluding diaryl/α,β-unsaturated/α-hetero) is 1. The highest BCUT2D eigenvalue weighted by atomic mass is 16.1. The van der Waals surface area contributed by atoms with Crippen molar-refractivity contribution in [2.45, 2.75) is 20.3 Å². The molecule has 0 radical (unpaired) electrons. The van der Waals surface area contributed by atoms with Crippen molar-refractivity contribution in [3.05, 3.63) is 82.9 Å². The number of carbonyl (C=O) groups is 1. The summed E-state index contributed by atoms with van der Waals surface area (Å²) in [5, 5.41) is 0. The molecule has 0 spiro atoms. The number of fused-ring (bicyclic) bond motifs is 1. The number of allylic oxidation sites excluding steroid dienone is 3. The van der Waals surface area contributed by atoms with Crippen LogP contribution in [-0.4, -0.2) is 18.9 Å². The molecule has 0 fully saturated rings. The molecular weight excluding hydrogens is 294 g/mol. The molecule has 24 heavy (non-hydrogen) atoms. The van der Waals surface area contributed by atoms with Crippen molar-refractivity contribution in [3.63, 3.8) is 0 Å². The molecule has 0 aliphatic heterocycles. The first-order valence-corrected chi connectivity index (χ1v) is 8.57. The highest BCUT2D eigenvalue weighted by molar-refractivity contribution is 6.13. The van der Waals surface area contributed by atoms with Crippen LogP contribution in [0.5, 0.6) is 0 Å². The molecule has 2 aromatic rings. The summed E-state index contributed by atoms with van der Waals surface area (Å²) in [6.45, 7) is 6.36. The zero-order chi connectivity index (χ0) is 16.9. The minimum atomic E-state index is 0.159. The Kier molecular flexibility index (Phi) is 4.95. The van der Waals surface area contributed by atoms with E-state index in [4.69, 9.17) is 0 Å². The average molecular weight is 317 g/mol. The third-order valence-corrected chi connectivity index (χ3v) is 4.54. The predicted octanol–water partition coefficient (Wildman–Crippen LogP) is 4.91. The lowest BCUT2D eigenvalue weighted by atomic mass is 10.1. The molecule has 1 aliphatic carbocycles. The Morgan fingerprint density at radius 2 is 1.71 bits per heavy atom. The topological polar surface area (TPSA) is 20.3 Å². The van der Waals surface area contributed by atoms with E-state index in [1.165, 1.54) is 5.69 Å². The summed E-state index contributed by atoms with van der Waals surface area (Å²) in [5.74, 6) is 0.159. The zero-order valence-corrected chi connectivity index (χ0v) is 14.3. The van der Waals surface area contributed by atoms with E-state index in [2.05, 4.69) is 49.1 Å². The van der Waals surface area contributed by atoms with Gasteiger partial charge in [-0.25, -0.2) is 0 Å². The minimum absolute atomic E-state index is 0.159. The highest BCUT2D eigenvalue weighted by Crippen LogP contribution is 2.26. The smallest absolute Gasteiger partial charge is 0.189 e. The average Bonchev–Trinajstić information content (AvgIpc) is 2.94. The Morgan fingerprint density at radius 1 is 1.00 bits per heavy atom. The standard InChI is InChI=1S/C22H23NO/c1-3-23(4-2)20-14-12-17(13-15-20)8-7-10-19-16-18-9-5-6-11-21(18)22(19)24/h5-15H,3-4,16H2,1-2H3. The number of carbonyl (C=O) groups excluding carboxylic acids is 1. The largest absolute Gasteiger partial charge is 0.372 e. The molecule has 1 aliphatic rings. The second kappa shape index (κ2) is 7.31. The van der Waals surface area contributed by atoms with Crippen LogP contribution in [0, 0.1) is 0 Å². The molecular formula is C22H23NO. The van der Waals surface area contributed by atoms with Crippen molar-refractivity contribution in [3.8, 4) is 0 Å². The van der Waals surface area contributed by atoms with E-state index in [-0.39, 0.29) is 5.78 Å². The first-order valence-electron chi connectivity index (χ1n) is 8.57. The van der Waals surface area contributed by atoms with Crippen LogP contribution in [0.15, 0.2) is 66.3 Å². The van der Waals surface area contributed by atoms with E-state index in [1.807, 2.05) is 36.4 Å². The van der Waals surface area contributed by atoms with Crippen LogP contribution in [0.4, 0.5) is 5.69 Å². The van der Waals surface area contributed by atoms with E-state index in [0.29, 0.717) is 0 Å². The quantitative estimate of drug-likeness (QED) is 0.730. The maximum atomic E-state index is 12.3. The van der Waals surface area contributed by atoms with Gasteiger partial charge in [-0.2, -0.15) is 0 Å². The van der Waals surface area contributed by atoms with Crippen LogP contribution < -0.4 is 4.90 Å². The van der Waals surface area contributed by atoms with Crippen LogP contribution in [0.1, 0.15) is 35.3 Å². The minimum Gasteiger partial charge on any atom is -0.372 e. The molecule has 2 nitrogen and oxygen atoms in total. The summed E-state index contributed by atoms with van der Waals surface area (Å²) in [6.07, 6.45) is 6.71. The summed E-state index contributed by atoms with van der Waals surface area (Å²) in [7, 11) is 0. The van der Waals surface area contributed by atoms with Crippen LogP contribution in [0.3, 0.4) is 0 Å². The maximum absolute atomic E-state index is 12.3. The zero-order valence-electron chi connectivity index (χ0n) is 14.3. The summed E-state index contributed by atoms with van der Waals surface area (Å²) in [4.78, 5) is 14.6. The third kappa shape index (κ3) is 3.33. The van der Waals surface area contributed by atoms with Crippen molar-refractivity contribution in [2.75, 3.05) is 18.0 Å². The number of anilines is 1. The van der Waals surface area contributed by atoms with Crippen molar-refractivity contribution in [1.82, 2.24) is 0 Å². The highest BCUT2D eigenvalue weighted by Gasteiger charge is 2.23. The summed E-state index contributed by atoms with van der Waals surface area (Å²) >= 11 is 0. The molecule has 0 saturated carbocycles. The Morgan fingerprint density at radius 3 is 2.38 bits per heavy atom. The van der Waals surface area contributed by atoms with Gasteiger partial charge < -0.3 is 4.90 Å². The molecule has 3 rings (SSSR count). The fourth-order valence-corrected chi connectivity index (χ4v) is 3.15. The van der Waals surface area contributed by atoms with Crippen molar-refractivity contribution < 1.29 is 4.79 Å². The second-order valence-electron chi connectivity index (χ2n) is 5.98. The molecule has 0 bridgehead atoms. The lowest BCUT2D eigenvalue weighted by Gasteiger charge is -2.20. The van der Waals surface area contributed by atoms with Crippen LogP contribution in [0.25, 0.3) is 6.08 Å². The van der Waals surface area contributed by atoms with Crippen molar-refractivity contribution >= 4 is 17.5 Å². The monoisotopic (exact) mass is 317 g/mol. The fraction of sp³-hybridized carbons (Fsp3) is 0.227. The van der Waals surface area contributed by atoms with Gasteiger partial charge in [-0.05, 0) is 37.1 Å². The molecule has 0 unspecified atom stereocenters. The SMILES string of the molecule is CCN(CC)c1ccc(C=CC=C2Cc3ccccc3C2=O)cc1. The van der Waals surface area contributed by atoms with Crippen LogP contribution in [0.2, 0.25) is 0 Å². The molecule has 0 aromatic heterocycles. The lowest BCUT2D eigenvalue weighted by Crippen LogP contribution is -2.21. The molecule has 2 heteroatoms. The molecule has 0 atom stereocenters. The van der Waals surface area contributed by atoms with Gasteiger partial charge >= 0.3 is 0 Å². The van der Waals surface area contributed by atoms with Gasteiger partial charge in [0.25, 0.3) is 0 Å². The van der Waals surface area contributed by atoms with E-state index in [1.54, 1.807) is 0 Å². The Bertz CT molecular complexity index is 780. The molecule has 0 N–H and O–H groups in total. The van der Waals surface area contributed by atoms with Crippen LogP contribution >= 0.6 is 0 Å². The first kappa shape index (κ1) is 16.3. The molecule has 122 valence electrons. The molecule has 0 heterocycles. The van der Waals surface area contributed by atoms with Gasteiger partial charge in [-0.3, -0.25) is 4.79 Å². The Hall–Kier alpha value is -2.61. The number of hydrogen-bond acceptors (Lipinski definition) is 2. The van der Waals surface area contributed by atoms with Gasteiger partial charge in [-0.15, -0.1) is 0 Å². The number of nitrogens with zero attached hydrogens (tertiary/aromatic N) is 1. The number of benzene rings is 2. The van der Waals surface area contributed by atoms with Gasteiger partial charge in [0.2, 0.25) is 0 Å². The van der Waals surface area contributed by atoms with E-state index < -0.39 is 0 Å². The molecule has 2 aromatic carbocycles. The number of rotatable bonds is 5. The fourth-order valence-electron chi connectivity index (χ4n) is 3.15. The lowest BCUT2D eigenvalue weighted by molar-refractivity contribution is 0.103. The van der Waals surface area contributed by atoms with Crippen molar-refractivity contribution in [2.24, 2.45) is 0 Å². The first-order chi connectivity index (χ1) is 11.7. The van der Waals surface area contributed by atoms with Gasteiger partial charge in [0, 0.05) is 36.3 Å². The number of hydrogen-bond donors (Lipinski definition) is 0. The van der Waals surface area contributed by atoms with Gasteiger partial charge in [0.15, 0.2) is 5.78 Å². The van der Waals surface area contributed by atoms with E-state index in [9.17, 15) is 4.79 Å². The van der Waals surface area contributed by atoms with Gasteiger partial charge in [0.1, 0.15) is 0 Å². The Balaban J connectivity index is 1.70. The molecule has 0 amide bonds. The number of ketones is 1. The van der Waals surface area contributed by atoms with Gasteiger partial charge in [-0.1, -0.05) is 54.6 Å². The van der Waals surface area contributed by atoms with Crippen LogP contribution in [-0.2, 0) is 6.42 Å².